The molecule has 0 aromatic heterocycles. The van der Waals surface area contributed by atoms with Crippen molar-refractivity contribution in [1.29, 1.82) is 0 Å². The summed E-state index contributed by atoms with van der Waals surface area (Å²) in [5.74, 6) is 0. The van der Waals surface area contributed by atoms with Crippen molar-refractivity contribution in [1.82, 2.24) is 0 Å². The Kier molecular flexibility index (Phi) is 22.1. The summed E-state index contributed by atoms with van der Waals surface area (Å²) in [7, 11) is 0. The van der Waals surface area contributed by atoms with Gasteiger partial charge in [-0.1, -0.05) is 0 Å². The molecule has 0 aliphatic rings. The molecule has 0 N–H and O–H groups in total. The van der Waals surface area contributed by atoms with Crippen LogP contribution in [0.1, 0.15) is 20.3 Å². The Bertz CT molecular complexity index is 159. The van der Waals surface area contributed by atoms with Crippen LogP contribution in [-0.2, 0) is 37.9 Å². The van der Waals surface area contributed by atoms with Crippen molar-refractivity contribution >= 4 is 3.90 Å². The molecular formula is C11H16VW-4. The van der Waals surface area contributed by atoms with Gasteiger partial charge in [0.15, 0.2) is 0 Å². The van der Waals surface area contributed by atoms with Crippen LogP contribution in [0.15, 0.2) is 17.7 Å². The largest absolute Gasteiger partial charge is 0 e. The fourth-order valence-electron chi connectivity index (χ4n) is 0.370. The van der Waals surface area contributed by atoms with Gasteiger partial charge in [-0.3, -0.25) is 0 Å². The predicted molar refractivity (Wildman–Crippen MR) is 52.9 cm³/mol. The van der Waals surface area contributed by atoms with Crippen LogP contribution in [0.25, 0.3) is 0 Å². The Morgan fingerprint density at radius 2 is 1.92 bits per heavy atom. The third kappa shape index (κ3) is 15.3. The first-order chi connectivity index (χ1) is 5.63. The molecule has 0 aliphatic heterocycles. The summed E-state index contributed by atoms with van der Waals surface area (Å²) in [6.45, 7) is 16.7. The van der Waals surface area contributed by atoms with Gasteiger partial charge in [-0.15, -0.1) is 0 Å². The van der Waals surface area contributed by atoms with Gasteiger partial charge in [-0.25, -0.2) is 0 Å². The van der Waals surface area contributed by atoms with Gasteiger partial charge < -0.3 is 6.42 Å². The summed E-state index contributed by atoms with van der Waals surface area (Å²) in [6.07, 6.45) is 6.13. The second-order valence-corrected chi connectivity index (χ2v) is 3.91. The third-order valence-electron chi connectivity index (χ3n) is 0.883. The van der Waals surface area contributed by atoms with Crippen LogP contribution < -0.4 is 0 Å². The standard InChI is InChI=1S/C8H9.C3H7.V.W/c1-4-6-8(3)7-5-2;1-3-2;;/h1,4,6H,2-3,5H2;3H,1-2H3;;/q-3;-1;;/b8-6-;;;. The molecule has 1 radical (unpaired) electrons. The first kappa shape index (κ1) is 19.1. The molecule has 0 aromatic rings. The molecule has 0 saturated carbocycles. The Morgan fingerprint density at radius 1 is 1.54 bits per heavy atom. The maximum absolute atomic E-state index is 5.16. The zero-order valence-corrected chi connectivity index (χ0v) is 12.6. The van der Waals surface area contributed by atoms with Crippen molar-refractivity contribution in [3.05, 3.63) is 44.6 Å². The summed E-state index contributed by atoms with van der Waals surface area (Å²) in [5, 5.41) is 0. The zero-order valence-electron chi connectivity index (χ0n) is 8.29. The average molecular weight is 383 g/mol. The van der Waals surface area contributed by atoms with Crippen LogP contribution in [0.5, 0.6) is 0 Å². The van der Waals surface area contributed by atoms with Gasteiger partial charge in [0, 0.05) is 18.6 Å². The van der Waals surface area contributed by atoms with Gasteiger partial charge in [-0.05, 0) is 0 Å². The monoisotopic (exact) mass is 383 g/mol. The SMILES string of the molecule is C[CH-]C.[CH-]=C/C=C(/[CH2-])[C](=[W])C[CH2-].[V]. The second-order valence-electron chi connectivity index (χ2n) is 2.13. The fraction of sp³-hybridized carbons (Fsp3) is 0.273. The third-order valence-corrected chi connectivity index (χ3v) is 2.56. The van der Waals surface area contributed by atoms with Gasteiger partial charge >= 0.3 is 67.8 Å². The molecule has 0 amide bonds. The van der Waals surface area contributed by atoms with E-state index >= 15 is 0 Å². The molecule has 0 bridgehead atoms. The summed E-state index contributed by atoms with van der Waals surface area (Å²) < 4.78 is 1.26. The fourth-order valence-corrected chi connectivity index (χ4v) is 0.614. The van der Waals surface area contributed by atoms with Gasteiger partial charge in [0.25, 0.3) is 0 Å². The molecule has 75 valence electrons. The molecule has 0 saturated heterocycles. The van der Waals surface area contributed by atoms with Crippen molar-refractivity contribution in [2.24, 2.45) is 0 Å². The minimum Gasteiger partial charge on any atom is 0 e. The summed E-state index contributed by atoms with van der Waals surface area (Å²) in [5.41, 5.74) is 1.00. The van der Waals surface area contributed by atoms with E-state index in [0.717, 1.165) is 12.0 Å². The Balaban J connectivity index is -0.000000220. The molecule has 0 atom stereocenters. The zero-order chi connectivity index (χ0) is 9.98. The molecule has 0 fully saturated rings. The molecule has 0 rings (SSSR count). The number of rotatable bonds is 3. The van der Waals surface area contributed by atoms with Crippen LogP contribution in [0.4, 0.5) is 0 Å². The van der Waals surface area contributed by atoms with E-state index in [4.69, 9.17) is 6.58 Å². The number of hydrogen-bond donors (Lipinski definition) is 0. The first-order valence-electron chi connectivity index (χ1n) is 3.77. The summed E-state index contributed by atoms with van der Waals surface area (Å²) in [4.78, 5) is 0. The summed E-state index contributed by atoms with van der Waals surface area (Å²) >= 11 is 1.42. The van der Waals surface area contributed by atoms with E-state index in [0.29, 0.717) is 0 Å². The molecule has 0 aromatic carbocycles. The van der Waals surface area contributed by atoms with Crippen LogP contribution >= 0.6 is 0 Å². The predicted octanol–water partition coefficient (Wildman–Crippen LogP) is 2.91. The van der Waals surface area contributed by atoms with E-state index in [1.165, 1.54) is 29.3 Å². The minimum atomic E-state index is 0. The molecule has 0 aliphatic carbocycles. The van der Waals surface area contributed by atoms with E-state index in [2.05, 4.69) is 13.8 Å². The molecule has 13 heavy (non-hydrogen) atoms. The van der Waals surface area contributed by atoms with Crippen molar-refractivity contribution < 1.29 is 37.9 Å². The van der Waals surface area contributed by atoms with Gasteiger partial charge in [-0.2, -0.15) is 13.8 Å². The van der Waals surface area contributed by atoms with E-state index in [9.17, 15) is 0 Å². The molecular weight excluding hydrogens is 367 g/mol. The molecule has 2 heteroatoms. The van der Waals surface area contributed by atoms with Gasteiger partial charge in [0.05, 0.1) is 0 Å². The maximum Gasteiger partial charge on any atom is 0 e. The smallest absolute Gasteiger partial charge is 0 e. The van der Waals surface area contributed by atoms with Crippen molar-refractivity contribution in [2.45, 2.75) is 20.3 Å². The second kappa shape index (κ2) is 15.0. The van der Waals surface area contributed by atoms with E-state index in [-0.39, 0.29) is 18.6 Å². The normalized spacial score (nSPS) is 9.00. The molecule has 0 heterocycles. The number of hydrogen-bond acceptors (Lipinski definition) is 0. The van der Waals surface area contributed by atoms with Crippen molar-refractivity contribution in [3.8, 4) is 0 Å². The van der Waals surface area contributed by atoms with E-state index < -0.39 is 0 Å². The van der Waals surface area contributed by atoms with Crippen LogP contribution in [0.2, 0.25) is 0 Å². The van der Waals surface area contributed by atoms with Crippen LogP contribution in [-0.4, -0.2) is 3.90 Å². The van der Waals surface area contributed by atoms with Crippen LogP contribution in [0.3, 0.4) is 0 Å². The Labute approximate surface area is 106 Å². The molecule has 0 nitrogen and oxygen atoms in total. The van der Waals surface area contributed by atoms with Crippen LogP contribution in [0, 0.1) is 26.8 Å². The Hall–Kier alpha value is 0.493. The Morgan fingerprint density at radius 3 is 2.15 bits per heavy atom. The average Bonchev–Trinajstić information content (AvgIpc) is 2.05. The topological polar surface area (TPSA) is 0 Å². The molecule has 0 unspecified atom stereocenters. The van der Waals surface area contributed by atoms with Crippen molar-refractivity contribution in [3.63, 3.8) is 0 Å². The van der Waals surface area contributed by atoms with Gasteiger partial charge in [0.2, 0.25) is 0 Å². The maximum atomic E-state index is 5.16. The molecule has 0 spiro atoms. The van der Waals surface area contributed by atoms with E-state index in [1.807, 2.05) is 20.3 Å². The van der Waals surface area contributed by atoms with Gasteiger partial charge in [0.1, 0.15) is 0 Å². The quantitative estimate of drug-likeness (QED) is 0.520. The van der Waals surface area contributed by atoms with Crippen molar-refractivity contribution in [2.75, 3.05) is 0 Å². The first-order valence-corrected chi connectivity index (χ1v) is 5.24. The number of allylic oxidation sites excluding steroid dienone is 3. The van der Waals surface area contributed by atoms with E-state index in [1.54, 1.807) is 6.08 Å². The summed E-state index contributed by atoms with van der Waals surface area (Å²) in [6, 6.07) is 0. The minimum absolute atomic E-state index is 0.